The Morgan fingerprint density at radius 3 is 2.71 bits per heavy atom. The maximum absolute atomic E-state index is 14.9. The molecular formula is C24H25F2N7O2. The summed E-state index contributed by atoms with van der Waals surface area (Å²) in [5.74, 6) is -0.546. The van der Waals surface area contributed by atoms with Crippen molar-refractivity contribution in [1.29, 1.82) is 0 Å². The summed E-state index contributed by atoms with van der Waals surface area (Å²) in [6.45, 7) is 6.55. The number of benzene rings is 1. The first-order valence-electron chi connectivity index (χ1n) is 11.4. The smallest absolute Gasteiger partial charge is 0.239 e. The molecule has 0 atom stereocenters. The molecule has 182 valence electrons. The van der Waals surface area contributed by atoms with Crippen LogP contribution in [0.3, 0.4) is 0 Å². The molecule has 5 rings (SSSR count). The lowest BCUT2D eigenvalue weighted by molar-refractivity contribution is -0.120. The van der Waals surface area contributed by atoms with Crippen molar-refractivity contribution in [3.63, 3.8) is 0 Å². The number of halogens is 2. The highest BCUT2D eigenvalue weighted by molar-refractivity contribution is 5.82. The van der Waals surface area contributed by atoms with Gasteiger partial charge in [-0.25, -0.2) is 23.7 Å². The Hall–Kier alpha value is -4.02. The largest absolute Gasteiger partial charge is 0.486 e. The molecule has 3 aromatic rings. The van der Waals surface area contributed by atoms with Gasteiger partial charge in [0.2, 0.25) is 11.9 Å². The monoisotopic (exact) mass is 481 g/mol. The van der Waals surface area contributed by atoms with Gasteiger partial charge in [0.25, 0.3) is 0 Å². The summed E-state index contributed by atoms with van der Waals surface area (Å²) in [6.07, 6.45) is 2.68. The first kappa shape index (κ1) is 22.8. The van der Waals surface area contributed by atoms with Gasteiger partial charge in [0.05, 0.1) is 36.9 Å². The van der Waals surface area contributed by atoms with E-state index in [9.17, 15) is 13.6 Å². The fourth-order valence-corrected chi connectivity index (χ4v) is 4.23. The second kappa shape index (κ2) is 9.32. The molecule has 0 unspecified atom stereocenters. The molecule has 1 aromatic carbocycles. The highest BCUT2D eigenvalue weighted by Crippen LogP contribution is 2.39. The van der Waals surface area contributed by atoms with Gasteiger partial charge in [0.15, 0.2) is 17.4 Å². The quantitative estimate of drug-likeness (QED) is 0.574. The maximum Gasteiger partial charge on any atom is 0.239 e. The van der Waals surface area contributed by atoms with Crippen LogP contribution < -0.4 is 25.2 Å². The molecule has 0 aliphatic carbocycles. The van der Waals surface area contributed by atoms with E-state index in [0.29, 0.717) is 37.7 Å². The second-order valence-corrected chi connectivity index (χ2v) is 8.63. The van der Waals surface area contributed by atoms with E-state index in [1.807, 2.05) is 29.7 Å². The Kier molecular flexibility index (Phi) is 6.06. The highest BCUT2D eigenvalue weighted by atomic mass is 19.1. The first-order valence-corrected chi connectivity index (χ1v) is 11.4. The van der Waals surface area contributed by atoms with Crippen molar-refractivity contribution in [3.05, 3.63) is 48.3 Å². The van der Waals surface area contributed by atoms with Gasteiger partial charge in [0.1, 0.15) is 18.1 Å². The lowest BCUT2D eigenvalue weighted by atomic mass is 10.1. The Labute approximate surface area is 201 Å². The number of nitrogens with one attached hydrogen (secondary N) is 2. The van der Waals surface area contributed by atoms with Crippen LogP contribution in [-0.2, 0) is 4.79 Å². The number of pyridine rings is 1. The van der Waals surface area contributed by atoms with Crippen LogP contribution in [0, 0.1) is 11.6 Å². The van der Waals surface area contributed by atoms with Crippen molar-refractivity contribution in [1.82, 2.24) is 20.3 Å². The Bertz CT molecular complexity index is 1250. The summed E-state index contributed by atoms with van der Waals surface area (Å²) in [5, 5.41) is 5.74. The maximum atomic E-state index is 14.9. The molecule has 1 fully saturated rings. The van der Waals surface area contributed by atoms with Gasteiger partial charge < -0.3 is 25.2 Å². The molecule has 9 nitrogen and oxygen atoms in total. The van der Waals surface area contributed by atoms with E-state index in [-0.39, 0.29) is 41.4 Å². The molecule has 2 aliphatic rings. The van der Waals surface area contributed by atoms with Crippen molar-refractivity contribution < 1.29 is 18.3 Å². The number of hydrogen-bond acceptors (Lipinski definition) is 8. The van der Waals surface area contributed by atoms with Crippen LogP contribution in [0.1, 0.15) is 13.8 Å². The van der Waals surface area contributed by atoms with Crippen molar-refractivity contribution in [2.45, 2.75) is 19.9 Å². The molecule has 0 spiro atoms. The molecule has 11 heteroatoms. The number of hydrogen-bond donors (Lipinski definition) is 2. The zero-order valence-corrected chi connectivity index (χ0v) is 19.4. The Morgan fingerprint density at radius 1 is 1.11 bits per heavy atom. The van der Waals surface area contributed by atoms with Gasteiger partial charge >= 0.3 is 0 Å². The van der Waals surface area contributed by atoms with Crippen molar-refractivity contribution in [2.75, 3.05) is 47.9 Å². The SMILES string of the molecule is CC(C)N1CCOc2c(F)cc(-c3nc(Nc4ccc(N5CCNC(=O)C5)cn4)ncc3F)cc21. The van der Waals surface area contributed by atoms with E-state index in [0.717, 1.165) is 11.9 Å². The van der Waals surface area contributed by atoms with Gasteiger partial charge in [-0.05, 0) is 38.1 Å². The average Bonchev–Trinajstić information content (AvgIpc) is 2.85. The molecule has 0 saturated carbocycles. The van der Waals surface area contributed by atoms with Crippen LogP contribution in [0.4, 0.5) is 31.9 Å². The van der Waals surface area contributed by atoms with Crippen LogP contribution >= 0.6 is 0 Å². The fourth-order valence-electron chi connectivity index (χ4n) is 4.23. The minimum atomic E-state index is -0.672. The average molecular weight is 482 g/mol. The summed E-state index contributed by atoms with van der Waals surface area (Å²) in [6, 6.07) is 6.59. The van der Waals surface area contributed by atoms with E-state index in [1.54, 1.807) is 18.3 Å². The molecule has 0 bridgehead atoms. The standard InChI is InChI=1S/C24H25F2N7O2/c1-14(2)33-7-8-35-23-17(25)9-15(10-19(23)33)22-18(26)12-29-24(31-22)30-20-4-3-16(11-28-20)32-6-5-27-21(34)13-32/h3-4,9-12,14H,5-8,13H2,1-2H3,(H,27,34)(H,28,29,30,31). The molecule has 4 heterocycles. The fraction of sp³-hybridized carbons (Fsp3) is 0.333. The number of carbonyl (C=O) groups is 1. The minimum absolute atomic E-state index is 0.0329. The normalized spacial score (nSPS) is 15.5. The van der Waals surface area contributed by atoms with E-state index in [1.165, 1.54) is 6.07 Å². The van der Waals surface area contributed by atoms with Crippen molar-refractivity contribution >= 4 is 29.0 Å². The third-order valence-electron chi connectivity index (χ3n) is 5.94. The molecule has 0 radical (unpaired) electrons. The summed E-state index contributed by atoms with van der Waals surface area (Å²) >= 11 is 0. The molecular weight excluding hydrogens is 456 g/mol. The van der Waals surface area contributed by atoms with Gasteiger partial charge in [-0.3, -0.25) is 4.79 Å². The number of anilines is 4. The van der Waals surface area contributed by atoms with Crippen molar-refractivity contribution in [3.8, 4) is 17.0 Å². The van der Waals surface area contributed by atoms with Crippen LogP contribution in [0.2, 0.25) is 0 Å². The number of carbonyl (C=O) groups excluding carboxylic acids is 1. The van der Waals surface area contributed by atoms with Crippen molar-refractivity contribution in [2.24, 2.45) is 0 Å². The molecule has 2 aliphatic heterocycles. The zero-order valence-electron chi connectivity index (χ0n) is 19.4. The molecule has 1 saturated heterocycles. The summed E-state index contributed by atoms with van der Waals surface area (Å²) in [7, 11) is 0. The summed E-state index contributed by atoms with van der Waals surface area (Å²) in [5.41, 5.74) is 1.63. The second-order valence-electron chi connectivity index (χ2n) is 8.63. The predicted octanol–water partition coefficient (Wildman–Crippen LogP) is 3.10. The topological polar surface area (TPSA) is 95.5 Å². The summed E-state index contributed by atoms with van der Waals surface area (Å²) < 4.78 is 35.1. The molecule has 2 N–H and O–H groups in total. The lowest BCUT2D eigenvalue weighted by Crippen LogP contribution is -2.47. The molecule has 35 heavy (non-hydrogen) atoms. The minimum Gasteiger partial charge on any atom is -0.486 e. The third kappa shape index (κ3) is 4.66. The number of amides is 1. The third-order valence-corrected chi connectivity index (χ3v) is 5.94. The number of ether oxygens (including phenoxy) is 1. The number of rotatable bonds is 5. The van der Waals surface area contributed by atoms with Crippen LogP contribution in [-0.4, -0.2) is 59.7 Å². The molecule has 1 amide bonds. The number of nitrogens with zero attached hydrogens (tertiary/aromatic N) is 5. The molecule has 2 aromatic heterocycles. The first-order chi connectivity index (χ1) is 16.9. The van der Waals surface area contributed by atoms with E-state index >= 15 is 0 Å². The van der Waals surface area contributed by atoms with E-state index in [2.05, 4.69) is 25.6 Å². The van der Waals surface area contributed by atoms with Gasteiger partial charge in [0, 0.05) is 24.7 Å². The Balaban J connectivity index is 1.40. The highest BCUT2D eigenvalue weighted by Gasteiger charge is 2.26. The van der Waals surface area contributed by atoms with E-state index < -0.39 is 11.6 Å². The predicted molar refractivity (Wildman–Crippen MR) is 128 cm³/mol. The summed E-state index contributed by atoms with van der Waals surface area (Å²) in [4.78, 5) is 28.2. The lowest BCUT2D eigenvalue weighted by Gasteiger charge is -2.34. The van der Waals surface area contributed by atoms with Gasteiger partial charge in [-0.15, -0.1) is 0 Å². The number of piperazine rings is 1. The van der Waals surface area contributed by atoms with Gasteiger partial charge in [-0.2, -0.15) is 0 Å². The van der Waals surface area contributed by atoms with Crippen LogP contribution in [0.25, 0.3) is 11.3 Å². The zero-order chi connectivity index (χ0) is 24.5. The van der Waals surface area contributed by atoms with Crippen LogP contribution in [0.5, 0.6) is 5.75 Å². The van der Waals surface area contributed by atoms with Crippen LogP contribution in [0.15, 0.2) is 36.7 Å². The Morgan fingerprint density at radius 2 is 1.97 bits per heavy atom. The van der Waals surface area contributed by atoms with E-state index in [4.69, 9.17) is 4.74 Å². The van der Waals surface area contributed by atoms with Gasteiger partial charge in [-0.1, -0.05) is 0 Å². The number of aromatic nitrogens is 3. The number of fused-ring (bicyclic) bond motifs is 1.